The Morgan fingerprint density at radius 3 is 2.54 bits per heavy atom. The van der Waals surface area contributed by atoms with Crippen molar-refractivity contribution < 1.29 is 24.2 Å². The largest absolute Gasteiger partial charge is 0.496 e. The van der Waals surface area contributed by atoms with Crippen LogP contribution in [0.2, 0.25) is 0 Å². The first kappa shape index (κ1) is 23.8. The van der Waals surface area contributed by atoms with Gasteiger partial charge in [0.25, 0.3) is 0 Å². The zero-order valence-corrected chi connectivity index (χ0v) is 21.0. The van der Waals surface area contributed by atoms with Crippen LogP contribution in [0.1, 0.15) is 47.7 Å². The molecule has 0 radical (unpaired) electrons. The van der Waals surface area contributed by atoms with E-state index in [0.29, 0.717) is 36.4 Å². The third-order valence-corrected chi connectivity index (χ3v) is 8.67. The summed E-state index contributed by atoms with van der Waals surface area (Å²) < 4.78 is 10.7. The number of aryl methyl sites for hydroxylation is 1. The number of amides is 2. The normalized spacial score (nSPS) is 28.5. The molecule has 186 valence electrons. The van der Waals surface area contributed by atoms with Crippen LogP contribution >= 0.6 is 11.3 Å². The Bertz CT molecular complexity index is 1160. The summed E-state index contributed by atoms with van der Waals surface area (Å²) in [6.45, 7) is 2.38. The van der Waals surface area contributed by atoms with Crippen molar-refractivity contribution in [1.82, 2.24) is 15.5 Å². The fraction of sp³-hybridized carbons (Fsp3) is 0.462. The van der Waals surface area contributed by atoms with E-state index in [1.807, 2.05) is 42.6 Å². The van der Waals surface area contributed by atoms with Crippen LogP contribution in [-0.4, -0.2) is 54.9 Å². The minimum atomic E-state index is -0.984. The van der Waals surface area contributed by atoms with Crippen LogP contribution in [0, 0.1) is 6.92 Å². The fourth-order valence-corrected chi connectivity index (χ4v) is 6.96. The van der Waals surface area contributed by atoms with E-state index < -0.39 is 17.6 Å². The van der Waals surface area contributed by atoms with E-state index in [4.69, 9.17) is 9.47 Å². The number of nitrogens with one attached hydrogen (secondary N) is 2. The summed E-state index contributed by atoms with van der Waals surface area (Å²) in [7, 11) is 2.98. The van der Waals surface area contributed by atoms with Crippen LogP contribution in [0.15, 0.2) is 47.0 Å². The van der Waals surface area contributed by atoms with Gasteiger partial charge in [0, 0.05) is 34.8 Å². The van der Waals surface area contributed by atoms with Gasteiger partial charge in [-0.1, -0.05) is 18.2 Å². The van der Waals surface area contributed by atoms with E-state index >= 15 is 0 Å². The lowest BCUT2D eigenvalue weighted by atomic mass is 9.80. The lowest BCUT2D eigenvalue weighted by Crippen LogP contribution is -2.53. The molecule has 1 aromatic carbocycles. The summed E-state index contributed by atoms with van der Waals surface area (Å²) in [5.74, 6) is 0.235. The van der Waals surface area contributed by atoms with Gasteiger partial charge in [-0.3, -0.25) is 4.90 Å². The number of rotatable bonds is 6. The van der Waals surface area contributed by atoms with Crippen LogP contribution in [-0.2, 0) is 15.1 Å². The van der Waals surface area contributed by atoms with Crippen LogP contribution < -0.4 is 15.4 Å². The molecule has 0 saturated carbocycles. The third kappa shape index (κ3) is 4.22. The van der Waals surface area contributed by atoms with Gasteiger partial charge in [-0.2, -0.15) is 0 Å². The topological polar surface area (TPSA) is 100 Å². The highest BCUT2D eigenvalue weighted by Gasteiger charge is 2.50. The number of fused-ring (bicyclic) bond motifs is 2. The van der Waals surface area contributed by atoms with Crippen molar-refractivity contribution >= 4 is 23.3 Å². The Kier molecular flexibility index (Phi) is 6.33. The van der Waals surface area contributed by atoms with Gasteiger partial charge in [0.1, 0.15) is 5.75 Å². The number of esters is 1. The van der Waals surface area contributed by atoms with Crippen molar-refractivity contribution in [3.63, 3.8) is 0 Å². The molecule has 3 aliphatic heterocycles. The van der Waals surface area contributed by atoms with Gasteiger partial charge in [-0.05, 0) is 55.7 Å². The molecule has 1 aromatic heterocycles. The van der Waals surface area contributed by atoms with Gasteiger partial charge in [0.2, 0.25) is 0 Å². The molecule has 9 heteroatoms. The molecule has 2 aromatic rings. The molecule has 0 spiro atoms. The molecule has 0 unspecified atom stereocenters. The maximum Gasteiger partial charge on any atom is 0.338 e. The first-order chi connectivity index (χ1) is 16.8. The van der Waals surface area contributed by atoms with Gasteiger partial charge < -0.3 is 25.2 Å². The lowest BCUT2D eigenvalue weighted by Gasteiger charge is -2.45. The highest BCUT2D eigenvalue weighted by atomic mass is 32.1. The standard InChI is InChI=1S/C26H31N3O5S/c1-15-10-11-35-23(15)22-21(24(30)34-3)19(27-25(31)28-22)14-29-16-8-9-17(29)13-26(32,12-16)18-6-4-5-7-20(18)33-2/h4-7,10-11,16-17,22,32H,8-9,12-14H2,1-3H3,(H2,27,28,31)/t16-,17-,22+/m1/s1. The predicted molar refractivity (Wildman–Crippen MR) is 132 cm³/mol. The van der Waals surface area contributed by atoms with Gasteiger partial charge in [0.05, 0.1) is 31.4 Å². The number of para-hydroxylation sites is 1. The van der Waals surface area contributed by atoms with Gasteiger partial charge in [0.15, 0.2) is 0 Å². The molecule has 3 aliphatic rings. The Hall–Kier alpha value is -2.88. The molecule has 5 rings (SSSR count). The van der Waals surface area contributed by atoms with Crippen LogP contribution in [0.3, 0.4) is 0 Å². The van der Waals surface area contributed by atoms with Gasteiger partial charge in [-0.15, -0.1) is 11.3 Å². The van der Waals surface area contributed by atoms with E-state index in [9.17, 15) is 14.7 Å². The molecule has 3 atom stereocenters. The highest BCUT2D eigenvalue weighted by molar-refractivity contribution is 7.10. The maximum absolute atomic E-state index is 12.9. The molecule has 3 N–H and O–H groups in total. The Labute approximate surface area is 208 Å². The summed E-state index contributed by atoms with van der Waals surface area (Å²) in [5, 5.41) is 19.5. The average Bonchev–Trinajstić information content (AvgIpc) is 3.38. The van der Waals surface area contributed by atoms with Crippen molar-refractivity contribution in [2.24, 2.45) is 0 Å². The van der Waals surface area contributed by atoms with Crippen molar-refractivity contribution in [2.75, 3.05) is 20.8 Å². The number of urea groups is 1. The molecule has 35 heavy (non-hydrogen) atoms. The van der Waals surface area contributed by atoms with Gasteiger partial charge in [-0.25, -0.2) is 9.59 Å². The molecular formula is C26H31N3O5S. The molecule has 8 nitrogen and oxygen atoms in total. The lowest BCUT2D eigenvalue weighted by molar-refractivity contribution is -0.136. The third-order valence-electron chi connectivity index (χ3n) is 7.59. The zero-order valence-electron chi connectivity index (χ0n) is 20.2. The number of hydrogen-bond donors (Lipinski definition) is 3. The molecule has 0 aliphatic carbocycles. The second kappa shape index (κ2) is 9.29. The maximum atomic E-state index is 12.9. The smallest absolute Gasteiger partial charge is 0.338 e. The average molecular weight is 498 g/mol. The molecule has 2 saturated heterocycles. The summed E-state index contributed by atoms with van der Waals surface area (Å²) in [6.07, 6.45) is 3.01. The molecule has 2 bridgehead atoms. The molecule has 2 amide bonds. The summed E-state index contributed by atoms with van der Waals surface area (Å²) in [5.41, 5.74) is 1.85. The van der Waals surface area contributed by atoms with Crippen molar-refractivity contribution in [3.05, 3.63) is 63.0 Å². The van der Waals surface area contributed by atoms with Gasteiger partial charge >= 0.3 is 12.0 Å². The number of aliphatic hydroxyl groups is 1. The van der Waals surface area contributed by atoms with E-state index in [0.717, 1.165) is 28.8 Å². The second-order valence-corrected chi connectivity index (χ2v) is 10.5. The zero-order chi connectivity index (χ0) is 24.7. The Balaban J connectivity index is 1.46. The minimum absolute atomic E-state index is 0.115. The number of carbonyl (C=O) groups is 2. The summed E-state index contributed by atoms with van der Waals surface area (Å²) >= 11 is 1.51. The summed E-state index contributed by atoms with van der Waals surface area (Å²) in [4.78, 5) is 28.8. The first-order valence-electron chi connectivity index (χ1n) is 11.9. The SMILES string of the molecule is COC(=O)C1=C(CN2[C@@H]3CC[C@@H]2CC(O)(c2ccccc2OC)C3)NC(=O)N[C@@H]1c1sccc1C. The highest BCUT2D eigenvalue weighted by Crippen LogP contribution is 2.48. The number of benzene rings is 1. The minimum Gasteiger partial charge on any atom is -0.496 e. The number of carbonyl (C=O) groups excluding carboxylic acids is 2. The number of methoxy groups -OCH3 is 2. The van der Waals surface area contributed by atoms with Crippen LogP contribution in [0.4, 0.5) is 4.79 Å². The molecular weight excluding hydrogens is 466 g/mol. The van der Waals surface area contributed by atoms with E-state index in [1.54, 1.807) is 7.11 Å². The number of thiophene rings is 1. The van der Waals surface area contributed by atoms with Crippen LogP contribution in [0.5, 0.6) is 5.75 Å². The van der Waals surface area contributed by atoms with Crippen molar-refractivity contribution in [1.29, 1.82) is 0 Å². The number of hydrogen-bond acceptors (Lipinski definition) is 7. The summed E-state index contributed by atoms with van der Waals surface area (Å²) in [6, 6.07) is 8.97. The van der Waals surface area contributed by atoms with Crippen molar-refractivity contribution in [2.45, 2.75) is 56.3 Å². The van der Waals surface area contributed by atoms with E-state index in [2.05, 4.69) is 15.5 Å². The number of ether oxygens (including phenoxy) is 2. The molecule has 2 fully saturated rings. The van der Waals surface area contributed by atoms with Crippen LogP contribution in [0.25, 0.3) is 0 Å². The van der Waals surface area contributed by atoms with Crippen molar-refractivity contribution in [3.8, 4) is 5.75 Å². The number of piperidine rings is 1. The first-order valence-corrected chi connectivity index (χ1v) is 12.8. The number of nitrogens with zero attached hydrogens (tertiary/aromatic N) is 1. The Morgan fingerprint density at radius 1 is 1.20 bits per heavy atom. The Morgan fingerprint density at radius 2 is 1.91 bits per heavy atom. The van der Waals surface area contributed by atoms with E-state index in [-0.39, 0.29) is 18.1 Å². The quantitative estimate of drug-likeness (QED) is 0.530. The monoisotopic (exact) mass is 497 g/mol. The second-order valence-electron chi connectivity index (χ2n) is 9.58. The molecule has 4 heterocycles. The van der Waals surface area contributed by atoms with E-state index in [1.165, 1.54) is 18.4 Å². The fourth-order valence-electron chi connectivity index (χ4n) is 5.98. The predicted octanol–water partition coefficient (Wildman–Crippen LogP) is 3.36.